The molecule has 1 rings (SSSR count). The fraction of sp³-hybridized carbons (Fsp3) is 0.923. The van der Waals surface area contributed by atoms with Gasteiger partial charge in [-0.2, -0.15) is 0 Å². The Morgan fingerprint density at radius 2 is 2.00 bits per heavy atom. The second kappa shape index (κ2) is 6.24. The highest BCUT2D eigenvalue weighted by Gasteiger charge is 2.25. The molecule has 3 atom stereocenters. The van der Waals surface area contributed by atoms with Gasteiger partial charge in [0.2, 0.25) is 0 Å². The Hall–Kier alpha value is -0.570. The van der Waals surface area contributed by atoms with Crippen molar-refractivity contribution >= 4 is 5.97 Å². The average Bonchev–Trinajstić information content (AvgIpc) is 2.12. The maximum atomic E-state index is 11.3. The maximum absolute atomic E-state index is 11.3. The van der Waals surface area contributed by atoms with Gasteiger partial charge in [0.1, 0.15) is 0 Å². The zero-order valence-corrected chi connectivity index (χ0v) is 11.0. The largest absolute Gasteiger partial charge is 0.469 e. The normalized spacial score (nSPS) is 22.0. The molecule has 1 aliphatic rings. The van der Waals surface area contributed by atoms with Gasteiger partial charge in [0.25, 0.3) is 0 Å². The van der Waals surface area contributed by atoms with Crippen LogP contribution in [0.25, 0.3) is 0 Å². The zero-order valence-electron chi connectivity index (χ0n) is 11.0. The van der Waals surface area contributed by atoms with E-state index in [0.29, 0.717) is 12.1 Å². The van der Waals surface area contributed by atoms with Crippen LogP contribution in [0.2, 0.25) is 0 Å². The summed E-state index contributed by atoms with van der Waals surface area (Å²) in [6, 6.07) is 0.957. The van der Waals surface area contributed by atoms with Gasteiger partial charge in [-0.05, 0) is 39.0 Å². The first-order valence-corrected chi connectivity index (χ1v) is 6.38. The highest BCUT2D eigenvalue weighted by Crippen LogP contribution is 2.29. The number of nitrogens with one attached hydrogen (secondary N) is 1. The Balaban J connectivity index is 2.23. The van der Waals surface area contributed by atoms with Crippen LogP contribution >= 0.6 is 0 Å². The molecule has 1 fully saturated rings. The third kappa shape index (κ3) is 3.78. The number of carbonyl (C=O) groups is 1. The Morgan fingerprint density at radius 3 is 2.44 bits per heavy atom. The molecule has 0 spiro atoms. The van der Waals surface area contributed by atoms with E-state index in [1.54, 1.807) is 0 Å². The van der Waals surface area contributed by atoms with Gasteiger partial charge < -0.3 is 10.1 Å². The molecule has 0 aromatic heterocycles. The average molecular weight is 227 g/mol. The van der Waals surface area contributed by atoms with E-state index in [-0.39, 0.29) is 11.9 Å². The van der Waals surface area contributed by atoms with Gasteiger partial charge in [0.05, 0.1) is 13.0 Å². The van der Waals surface area contributed by atoms with Crippen molar-refractivity contribution in [3.05, 3.63) is 0 Å². The predicted octanol–water partition coefficient (Wildman–Crippen LogP) is 2.35. The van der Waals surface area contributed by atoms with Crippen LogP contribution < -0.4 is 5.32 Å². The predicted molar refractivity (Wildman–Crippen MR) is 65.2 cm³/mol. The molecule has 3 heteroatoms. The number of carbonyl (C=O) groups excluding carboxylic acids is 1. The number of ether oxygens (including phenoxy) is 1. The van der Waals surface area contributed by atoms with E-state index in [1.807, 2.05) is 6.92 Å². The van der Waals surface area contributed by atoms with Crippen LogP contribution in [0.3, 0.4) is 0 Å². The van der Waals surface area contributed by atoms with Crippen molar-refractivity contribution in [3.8, 4) is 0 Å². The third-order valence-corrected chi connectivity index (χ3v) is 3.72. The van der Waals surface area contributed by atoms with E-state index in [0.717, 1.165) is 12.3 Å². The smallest absolute Gasteiger partial charge is 0.308 e. The molecule has 3 unspecified atom stereocenters. The molecule has 0 radical (unpaired) electrons. The van der Waals surface area contributed by atoms with Crippen molar-refractivity contribution in [1.29, 1.82) is 0 Å². The molecule has 0 saturated heterocycles. The summed E-state index contributed by atoms with van der Waals surface area (Å²) in [5, 5.41) is 3.58. The van der Waals surface area contributed by atoms with E-state index >= 15 is 0 Å². The molecule has 1 aliphatic carbocycles. The lowest BCUT2D eigenvalue weighted by atomic mass is 9.80. The summed E-state index contributed by atoms with van der Waals surface area (Å²) in [4.78, 5) is 11.3. The lowest BCUT2D eigenvalue weighted by molar-refractivity contribution is -0.145. The lowest BCUT2D eigenvalue weighted by Crippen LogP contribution is -2.42. The van der Waals surface area contributed by atoms with Crippen molar-refractivity contribution in [1.82, 2.24) is 5.32 Å². The first-order chi connectivity index (χ1) is 7.54. The van der Waals surface area contributed by atoms with Crippen LogP contribution in [-0.4, -0.2) is 25.2 Å². The van der Waals surface area contributed by atoms with Crippen molar-refractivity contribution < 1.29 is 9.53 Å². The van der Waals surface area contributed by atoms with E-state index in [1.165, 1.54) is 26.4 Å². The molecule has 94 valence electrons. The molecule has 3 nitrogen and oxygen atoms in total. The molecule has 0 aromatic rings. The van der Waals surface area contributed by atoms with Crippen LogP contribution in [-0.2, 0) is 9.53 Å². The number of hydrogen-bond donors (Lipinski definition) is 1. The molecular formula is C13H25NO2. The molecule has 1 N–H and O–H groups in total. The summed E-state index contributed by atoms with van der Waals surface area (Å²) < 4.78 is 4.73. The first-order valence-electron chi connectivity index (χ1n) is 6.38. The van der Waals surface area contributed by atoms with Crippen molar-refractivity contribution in [3.63, 3.8) is 0 Å². The molecule has 1 saturated carbocycles. The summed E-state index contributed by atoms with van der Waals surface area (Å²) in [5.41, 5.74) is 0. The number of methoxy groups -OCH3 is 1. The summed E-state index contributed by atoms with van der Waals surface area (Å²) in [6.45, 7) is 6.33. The third-order valence-electron chi connectivity index (χ3n) is 3.72. The van der Waals surface area contributed by atoms with Crippen LogP contribution in [0.5, 0.6) is 0 Å². The SMILES string of the molecule is COC(=O)C(C)CC(C)NC(C)C1CCC1. The first kappa shape index (κ1) is 13.5. The fourth-order valence-electron chi connectivity index (χ4n) is 2.42. The lowest BCUT2D eigenvalue weighted by Gasteiger charge is -2.34. The van der Waals surface area contributed by atoms with Crippen LogP contribution in [0.15, 0.2) is 0 Å². The van der Waals surface area contributed by atoms with Gasteiger partial charge in [0.15, 0.2) is 0 Å². The van der Waals surface area contributed by atoms with Crippen LogP contribution in [0.1, 0.15) is 46.5 Å². The quantitative estimate of drug-likeness (QED) is 0.708. The molecule has 0 amide bonds. The van der Waals surface area contributed by atoms with E-state index in [2.05, 4.69) is 19.2 Å². The van der Waals surface area contributed by atoms with E-state index in [9.17, 15) is 4.79 Å². The zero-order chi connectivity index (χ0) is 12.1. The molecule has 0 heterocycles. The molecule has 0 aliphatic heterocycles. The molecule has 16 heavy (non-hydrogen) atoms. The van der Waals surface area contributed by atoms with Gasteiger partial charge in [0, 0.05) is 12.1 Å². The monoisotopic (exact) mass is 227 g/mol. The fourth-order valence-corrected chi connectivity index (χ4v) is 2.42. The molecular weight excluding hydrogens is 202 g/mol. The Morgan fingerprint density at radius 1 is 1.38 bits per heavy atom. The van der Waals surface area contributed by atoms with Crippen molar-refractivity contribution in [2.45, 2.75) is 58.5 Å². The van der Waals surface area contributed by atoms with Gasteiger partial charge in [-0.15, -0.1) is 0 Å². The van der Waals surface area contributed by atoms with E-state index < -0.39 is 0 Å². The summed E-state index contributed by atoms with van der Waals surface area (Å²) >= 11 is 0. The number of rotatable bonds is 6. The highest BCUT2D eigenvalue weighted by molar-refractivity contribution is 5.71. The standard InChI is InChI=1S/C13H25NO2/c1-9(13(15)16-4)8-10(2)14-11(3)12-6-5-7-12/h9-12,14H,5-8H2,1-4H3. The van der Waals surface area contributed by atoms with Crippen molar-refractivity contribution in [2.24, 2.45) is 11.8 Å². The summed E-state index contributed by atoms with van der Waals surface area (Å²) in [7, 11) is 1.45. The minimum atomic E-state index is -0.107. The van der Waals surface area contributed by atoms with E-state index in [4.69, 9.17) is 4.74 Å². The minimum absolute atomic E-state index is 0.0129. The van der Waals surface area contributed by atoms with Gasteiger partial charge in [-0.25, -0.2) is 0 Å². The molecule has 0 aromatic carbocycles. The van der Waals surface area contributed by atoms with Crippen LogP contribution in [0.4, 0.5) is 0 Å². The maximum Gasteiger partial charge on any atom is 0.308 e. The van der Waals surface area contributed by atoms with Crippen LogP contribution in [0, 0.1) is 11.8 Å². The second-order valence-corrected chi connectivity index (χ2v) is 5.21. The Labute approximate surface area is 98.9 Å². The topological polar surface area (TPSA) is 38.3 Å². The number of hydrogen-bond acceptors (Lipinski definition) is 3. The number of esters is 1. The summed E-state index contributed by atoms with van der Waals surface area (Å²) in [6.07, 6.45) is 4.94. The van der Waals surface area contributed by atoms with Gasteiger partial charge in [-0.3, -0.25) is 4.79 Å². The highest BCUT2D eigenvalue weighted by atomic mass is 16.5. The Bertz CT molecular complexity index is 226. The van der Waals surface area contributed by atoms with Gasteiger partial charge >= 0.3 is 5.97 Å². The minimum Gasteiger partial charge on any atom is -0.469 e. The van der Waals surface area contributed by atoms with Gasteiger partial charge in [-0.1, -0.05) is 13.3 Å². The summed E-state index contributed by atoms with van der Waals surface area (Å²) in [5.74, 6) is 0.724. The Kier molecular flexibility index (Phi) is 5.26. The molecule has 0 bridgehead atoms. The van der Waals surface area contributed by atoms with Crippen molar-refractivity contribution in [2.75, 3.05) is 7.11 Å². The second-order valence-electron chi connectivity index (χ2n) is 5.21.